The van der Waals surface area contributed by atoms with E-state index < -0.39 is 5.82 Å². The Balaban J connectivity index is 1.64. The number of hydrogen-bond donors (Lipinski definition) is 0. The molecule has 190 valence electrons. The minimum absolute atomic E-state index is 0.0126. The second-order valence-corrected chi connectivity index (χ2v) is 11.6. The first kappa shape index (κ1) is 26.1. The third-order valence-corrected chi connectivity index (χ3v) is 8.16. The lowest BCUT2D eigenvalue weighted by molar-refractivity contribution is -0.134. The van der Waals surface area contributed by atoms with E-state index in [1.54, 1.807) is 16.2 Å². The van der Waals surface area contributed by atoms with Crippen molar-refractivity contribution in [1.82, 2.24) is 9.80 Å². The zero-order valence-electron chi connectivity index (χ0n) is 21.8. The number of nitrogens with zero attached hydrogens (tertiary/aromatic N) is 2. The molecule has 4 rings (SSSR count). The molecule has 2 atom stereocenters. The average molecular weight is 507 g/mol. The SMILES string of the molecule is CCC(C)N(CC(=O)N1CCc2sccc2C1c1ccc(C(C)(C)C)cc1)C(=O)c1ccc(F)cc1. The van der Waals surface area contributed by atoms with Crippen LogP contribution in [0.2, 0.25) is 0 Å². The lowest BCUT2D eigenvalue weighted by Gasteiger charge is -2.38. The summed E-state index contributed by atoms with van der Waals surface area (Å²) in [5.41, 5.74) is 3.93. The molecule has 2 unspecified atom stereocenters. The van der Waals surface area contributed by atoms with E-state index >= 15 is 0 Å². The van der Waals surface area contributed by atoms with E-state index in [-0.39, 0.29) is 35.9 Å². The monoisotopic (exact) mass is 506 g/mol. The van der Waals surface area contributed by atoms with Crippen LogP contribution in [0.4, 0.5) is 4.39 Å². The Morgan fingerprint density at radius 1 is 1.08 bits per heavy atom. The molecule has 2 heterocycles. The Hall–Kier alpha value is -2.99. The van der Waals surface area contributed by atoms with Gasteiger partial charge in [0, 0.05) is 23.0 Å². The van der Waals surface area contributed by atoms with Crippen LogP contribution in [-0.2, 0) is 16.6 Å². The lowest BCUT2D eigenvalue weighted by atomic mass is 9.85. The molecular formula is C30H35FN2O2S. The first-order valence-electron chi connectivity index (χ1n) is 12.6. The molecule has 0 fully saturated rings. The van der Waals surface area contributed by atoms with Crippen molar-refractivity contribution in [2.75, 3.05) is 13.1 Å². The maximum absolute atomic E-state index is 13.8. The Morgan fingerprint density at radius 2 is 1.75 bits per heavy atom. The van der Waals surface area contributed by atoms with E-state index in [2.05, 4.69) is 56.5 Å². The van der Waals surface area contributed by atoms with Crippen molar-refractivity contribution >= 4 is 23.2 Å². The van der Waals surface area contributed by atoms with Crippen LogP contribution >= 0.6 is 11.3 Å². The minimum Gasteiger partial charge on any atom is -0.330 e. The summed E-state index contributed by atoms with van der Waals surface area (Å²) in [5, 5.41) is 2.10. The molecule has 2 amide bonds. The number of thiophene rings is 1. The van der Waals surface area contributed by atoms with Crippen LogP contribution in [0, 0.1) is 5.82 Å². The molecule has 0 saturated heterocycles. The van der Waals surface area contributed by atoms with Gasteiger partial charge in [0.2, 0.25) is 5.91 Å². The molecule has 0 aliphatic carbocycles. The molecule has 3 aromatic rings. The van der Waals surface area contributed by atoms with Gasteiger partial charge in [0.05, 0.1) is 6.04 Å². The summed E-state index contributed by atoms with van der Waals surface area (Å²) in [6.07, 6.45) is 1.52. The van der Waals surface area contributed by atoms with Crippen molar-refractivity contribution in [3.63, 3.8) is 0 Å². The zero-order valence-corrected chi connectivity index (χ0v) is 22.6. The van der Waals surface area contributed by atoms with Crippen LogP contribution in [-0.4, -0.2) is 40.7 Å². The summed E-state index contributed by atoms with van der Waals surface area (Å²) in [4.78, 5) is 32.0. The van der Waals surface area contributed by atoms with Crippen LogP contribution in [0.3, 0.4) is 0 Å². The van der Waals surface area contributed by atoms with Gasteiger partial charge in [-0.15, -0.1) is 11.3 Å². The molecule has 0 spiro atoms. The summed E-state index contributed by atoms with van der Waals surface area (Å²) < 4.78 is 13.4. The Labute approximate surface area is 217 Å². The first-order valence-corrected chi connectivity index (χ1v) is 13.5. The van der Waals surface area contributed by atoms with Gasteiger partial charge in [-0.05, 0) is 77.6 Å². The van der Waals surface area contributed by atoms with Crippen molar-refractivity contribution in [3.05, 3.63) is 92.9 Å². The summed E-state index contributed by atoms with van der Waals surface area (Å²) >= 11 is 1.74. The van der Waals surface area contributed by atoms with Crippen LogP contribution in [0.25, 0.3) is 0 Å². The highest BCUT2D eigenvalue weighted by Crippen LogP contribution is 2.38. The van der Waals surface area contributed by atoms with Crippen LogP contribution in [0.15, 0.2) is 60.0 Å². The fourth-order valence-corrected chi connectivity index (χ4v) is 5.66. The van der Waals surface area contributed by atoms with Crippen LogP contribution in [0.5, 0.6) is 0 Å². The van der Waals surface area contributed by atoms with Crippen molar-refractivity contribution in [1.29, 1.82) is 0 Å². The van der Waals surface area contributed by atoms with Gasteiger partial charge in [0.15, 0.2) is 0 Å². The summed E-state index contributed by atoms with van der Waals surface area (Å²) in [6, 6.07) is 15.9. The fraction of sp³-hybridized carbons (Fsp3) is 0.400. The van der Waals surface area contributed by atoms with Gasteiger partial charge in [-0.25, -0.2) is 4.39 Å². The third-order valence-electron chi connectivity index (χ3n) is 7.16. The highest BCUT2D eigenvalue weighted by Gasteiger charge is 2.35. The highest BCUT2D eigenvalue weighted by atomic mass is 32.1. The number of halogens is 1. The molecular weight excluding hydrogens is 471 g/mol. The smallest absolute Gasteiger partial charge is 0.254 e. The highest BCUT2D eigenvalue weighted by molar-refractivity contribution is 7.10. The molecule has 2 aromatic carbocycles. The van der Waals surface area contributed by atoms with E-state index in [1.807, 2.05) is 18.7 Å². The van der Waals surface area contributed by atoms with Crippen LogP contribution < -0.4 is 0 Å². The van der Waals surface area contributed by atoms with Gasteiger partial charge in [-0.3, -0.25) is 9.59 Å². The van der Waals surface area contributed by atoms with E-state index in [9.17, 15) is 14.0 Å². The minimum atomic E-state index is -0.391. The van der Waals surface area contributed by atoms with Crippen LogP contribution in [0.1, 0.15) is 79.0 Å². The number of fused-ring (bicyclic) bond motifs is 1. The Kier molecular flexibility index (Phi) is 7.65. The molecule has 0 saturated carbocycles. The molecule has 36 heavy (non-hydrogen) atoms. The molecule has 0 N–H and O–H groups in total. The Bertz CT molecular complexity index is 1210. The lowest BCUT2D eigenvalue weighted by Crippen LogP contribution is -2.49. The van der Waals surface area contributed by atoms with Gasteiger partial charge in [0.1, 0.15) is 12.4 Å². The maximum Gasteiger partial charge on any atom is 0.254 e. The zero-order chi connectivity index (χ0) is 26.0. The molecule has 1 aromatic heterocycles. The average Bonchev–Trinajstić information content (AvgIpc) is 3.34. The van der Waals surface area contributed by atoms with Gasteiger partial charge < -0.3 is 9.80 Å². The van der Waals surface area contributed by atoms with E-state index in [0.29, 0.717) is 18.5 Å². The molecule has 1 aliphatic rings. The van der Waals surface area contributed by atoms with Gasteiger partial charge in [0.25, 0.3) is 5.91 Å². The maximum atomic E-state index is 13.8. The topological polar surface area (TPSA) is 40.6 Å². The fourth-order valence-electron chi connectivity index (χ4n) is 4.75. The molecule has 6 heteroatoms. The van der Waals surface area contributed by atoms with E-state index in [0.717, 1.165) is 12.0 Å². The molecule has 0 bridgehead atoms. The standard InChI is InChI=1S/C30H35FN2O2S/c1-6-20(2)33(29(35)22-9-13-24(31)14-10-22)19-27(34)32-17-15-26-25(16-18-36-26)28(32)21-7-11-23(12-8-21)30(3,4)5/h7-14,16,18,20,28H,6,15,17,19H2,1-5H3. The number of carbonyl (C=O) groups is 2. The van der Waals surface area contributed by atoms with Crippen molar-refractivity contribution < 1.29 is 14.0 Å². The number of hydrogen-bond acceptors (Lipinski definition) is 3. The molecule has 0 radical (unpaired) electrons. The largest absolute Gasteiger partial charge is 0.330 e. The first-order chi connectivity index (χ1) is 17.1. The van der Waals surface area contributed by atoms with E-state index in [4.69, 9.17) is 0 Å². The van der Waals surface area contributed by atoms with E-state index in [1.165, 1.54) is 40.3 Å². The van der Waals surface area contributed by atoms with Crippen molar-refractivity contribution in [2.45, 2.75) is 65.0 Å². The summed E-state index contributed by atoms with van der Waals surface area (Å²) in [6.45, 7) is 11.1. The summed E-state index contributed by atoms with van der Waals surface area (Å²) in [7, 11) is 0. The number of rotatable bonds is 6. The Morgan fingerprint density at radius 3 is 2.36 bits per heavy atom. The van der Waals surface area contributed by atoms with Gasteiger partial charge in [-0.2, -0.15) is 0 Å². The van der Waals surface area contributed by atoms with Gasteiger partial charge in [-0.1, -0.05) is 52.0 Å². The number of amides is 2. The normalized spacial score (nSPS) is 16.4. The molecule has 4 nitrogen and oxygen atoms in total. The van der Waals surface area contributed by atoms with Gasteiger partial charge >= 0.3 is 0 Å². The quantitative estimate of drug-likeness (QED) is 0.378. The predicted molar refractivity (Wildman–Crippen MR) is 144 cm³/mol. The second-order valence-electron chi connectivity index (χ2n) is 10.6. The third kappa shape index (κ3) is 5.39. The van der Waals surface area contributed by atoms with Crippen molar-refractivity contribution in [3.8, 4) is 0 Å². The number of benzene rings is 2. The molecule has 1 aliphatic heterocycles. The second kappa shape index (κ2) is 10.6. The van der Waals surface area contributed by atoms with Crippen molar-refractivity contribution in [2.24, 2.45) is 0 Å². The predicted octanol–water partition coefficient (Wildman–Crippen LogP) is 6.60. The summed E-state index contributed by atoms with van der Waals surface area (Å²) in [5.74, 6) is -0.720. The number of carbonyl (C=O) groups excluding carboxylic acids is 2.